The van der Waals surface area contributed by atoms with Gasteiger partial charge in [-0.1, -0.05) is 53.2 Å². The third-order valence-corrected chi connectivity index (χ3v) is 8.74. The number of nitrogens with zero attached hydrogens (tertiary/aromatic N) is 1. The van der Waals surface area contributed by atoms with Crippen LogP contribution in [0.1, 0.15) is 85.6 Å². The fourth-order valence-electron chi connectivity index (χ4n) is 7.11. The predicted molar refractivity (Wildman–Crippen MR) is 144 cm³/mol. The number of hydrogen-bond donors (Lipinski definition) is 1. The van der Waals surface area contributed by atoms with Gasteiger partial charge in [0.2, 0.25) is 0 Å². The highest BCUT2D eigenvalue weighted by Crippen LogP contribution is 2.66. The molecule has 1 heterocycles. The summed E-state index contributed by atoms with van der Waals surface area (Å²) < 4.78 is 5.44. The second-order valence-electron chi connectivity index (χ2n) is 9.94. The highest BCUT2D eigenvalue weighted by atomic mass is 16.5. The molecule has 34 heavy (non-hydrogen) atoms. The molecular weight excluding hydrogens is 420 g/mol. The molecule has 0 spiro atoms. The van der Waals surface area contributed by atoms with Crippen molar-refractivity contribution in [3.8, 4) is 5.75 Å². The van der Waals surface area contributed by atoms with Crippen molar-refractivity contribution in [3.05, 3.63) is 41.7 Å². The number of hydrogen-bond acceptors (Lipinski definition) is 4. The lowest BCUT2D eigenvalue weighted by molar-refractivity contribution is -0.104. The van der Waals surface area contributed by atoms with E-state index in [4.69, 9.17) is 4.74 Å². The summed E-state index contributed by atoms with van der Waals surface area (Å²) in [6, 6.07) is 2.14. The molecule has 5 atom stereocenters. The molecule has 1 aromatic rings. The topological polar surface area (TPSA) is 51.2 Å². The van der Waals surface area contributed by atoms with E-state index in [1.54, 1.807) is 13.3 Å². The lowest BCUT2D eigenvalue weighted by atomic mass is 9.47. The van der Waals surface area contributed by atoms with Crippen molar-refractivity contribution in [2.75, 3.05) is 20.7 Å². The SMILES string of the molecule is CC.CC.CNCCC1(C)/C(=C\C=O)CCC2C1CCC1(C)C(c3cncc(OC)c3)=CC[C@@H]21. The third-order valence-electron chi connectivity index (χ3n) is 8.74. The lowest BCUT2D eigenvalue weighted by Gasteiger charge is -2.57. The summed E-state index contributed by atoms with van der Waals surface area (Å²) in [5.41, 5.74) is 4.37. The molecule has 0 bridgehead atoms. The van der Waals surface area contributed by atoms with E-state index in [0.717, 1.165) is 37.8 Å². The van der Waals surface area contributed by atoms with E-state index in [9.17, 15) is 4.79 Å². The van der Waals surface area contributed by atoms with Crippen molar-refractivity contribution in [3.63, 3.8) is 0 Å². The number of carbonyl (C=O) groups excluding carboxylic acids is 1. The van der Waals surface area contributed by atoms with Crippen molar-refractivity contribution in [2.24, 2.45) is 28.6 Å². The Kier molecular flexibility index (Phi) is 10.5. The van der Waals surface area contributed by atoms with Crippen LogP contribution in [0.25, 0.3) is 5.57 Å². The Labute approximate surface area is 208 Å². The van der Waals surface area contributed by atoms with Crippen LogP contribution in [-0.4, -0.2) is 32.0 Å². The summed E-state index contributed by atoms with van der Waals surface area (Å²) in [7, 11) is 3.73. The van der Waals surface area contributed by atoms with Crippen molar-refractivity contribution in [1.82, 2.24) is 10.3 Å². The van der Waals surface area contributed by atoms with E-state index < -0.39 is 0 Å². The van der Waals surface area contributed by atoms with Gasteiger partial charge in [0, 0.05) is 6.20 Å². The summed E-state index contributed by atoms with van der Waals surface area (Å²) in [5.74, 6) is 2.86. The average Bonchev–Trinajstić information content (AvgIpc) is 3.24. The molecule has 0 radical (unpaired) electrons. The fourth-order valence-corrected chi connectivity index (χ4v) is 7.11. The van der Waals surface area contributed by atoms with Gasteiger partial charge in [0.25, 0.3) is 0 Å². The summed E-state index contributed by atoms with van der Waals surface area (Å²) in [6.45, 7) is 13.9. The van der Waals surface area contributed by atoms with Crippen LogP contribution in [0.3, 0.4) is 0 Å². The number of rotatable bonds is 6. The Balaban J connectivity index is 0.000000970. The van der Waals surface area contributed by atoms with E-state index in [-0.39, 0.29) is 10.8 Å². The highest BCUT2D eigenvalue weighted by molar-refractivity contribution is 5.73. The van der Waals surface area contributed by atoms with Crippen LogP contribution in [0.2, 0.25) is 0 Å². The Morgan fingerprint density at radius 3 is 2.53 bits per heavy atom. The first-order valence-corrected chi connectivity index (χ1v) is 13.5. The van der Waals surface area contributed by atoms with Gasteiger partial charge >= 0.3 is 0 Å². The predicted octanol–water partition coefficient (Wildman–Crippen LogP) is 7.11. The second-order valence-corrected chi connectivity index (χ2v) is 9.94. The highest BCUT2D eigenvalue weighted by Gasteiger charge is 2.56. The van der Waals surface area contributed by atoms with E-state index in [1.165, 1.54) is 36.0 Å². The van der Waals surface area contributed by atoms with Crippen molar-refractivity contribution in [2.45, 2.75) is 80.1 Å². The monoisotopic (exact) mass is 468 g/mol. The summed E-state index contributed by atoms with van der Waals surface area (Å²) >= 11 is 0. The van der Waals surface area contributed by atoms with Crippen LogP contribution in [0.5, 0.6) is 5.75 Å². The molecule has 0 aliphatic heterocycles. The smallest absolute Gasteiger partial charge is 0.142 e. The Bertz CT molecular complexity index is 861. The molecule has 4 nitrogen and oxygen atoms in total. The van der Waals surface area contributed by atoms with E-state index >= 15 is 0 Å². The molecule has 4 heteroatoms. The van der Waals surface area contributed by atoms with Gasteiger partial charge in [0.1, 0.15) is 12.0 Å². The first-order valence-electron chi connectivity index (χ1n) is 13.5. The maximum Gasteiger partial charge on any atom is 0.142 e. The van der Waals surface area contributed by atoms with E-state index in [1.807, 2.05) is 47.0 Å². The maximum atomic E-state index is 11.4. The zero-order chi connectivity index (χ0) is 25.4. The molecule has 4 rings (SSSR count). The van der Waals surface area contributed by atoms with E-state index in [2.05, 4.69) is 36.3 Å². The van der Waals surface area contributed by atoms with Gasteiger partial charge in [-0.3, -0.25) is 9.78 Å². The quantitative estimate of drug-likeness (QED) is 0.357. The third kappa shape index (κ3) is 5.17. The van der Waals surface area contributed by atoms with Gasteiger partial charge in [-0.2, -0.15) is 0 Å². The van der Waals surface area contributed by atoms with Crippen LogP contribution < -0.4 is 10.1 Å². The number of carbonyl (C=O) groups is 1. The minimum absolute atomic E-state index is 0.119. The second kappa shape index (κ2) is 12.7. The Morgan fingerprint density at radius 2 is 1.88 bits per heavy atom. The normalized spacial score (nSPS) is 32.8. The van der Waals surface area contributed by atoms with Crippen LogP contribution in [0.4, 0.5) is 0 Å². The van der Waals surface area contributed by atoms with Gasteiger partial charge < -0.3 is 10.1 Å². The van der Waals surface area contributed by atoms with Crippen molar-refractivity contribution in [1.29, 1.82) is 0 Å². The molecule has 2 saturated carbocycles. The minimum Gasteiger partial charge on any atom is -0.495 e. The number of allylic oxidation sites excluding steroid dienone is 4. The minimum atomic E-state index is 0.119. The van der Waals surface area contributed by atoms with Gasteiger partial charge in [0.15, 0.2) is 0 Å². The fraction of sp³-hybridized carbons (Fsp3) is 0.667. The number of ether oxygens (including phenoxy) is 1. The van der Waals surface area contributed by atoms with Gasteiger partial charge in [-0.05, 0) is 104 Å². The van der Waals surface area contributed by atoms with Gasteiger partial charge in [-0.15, -0.1) is 0 Å². The first-order chi connectivity index (χ1) is 16.5. The number of aromatic nitrogens is 1. The molecule has 0 amide bonds. The maximum absolute atomic E-state index is 11.4. The van der Waals surface area contributed by atoms with Crippen LogP contribution in [0.15, 0.2) is 36.2 Å². The largest absolute Gasteiger partial charge is 0.495 e. The molecule has 0 aromatic carbocycles. The van der Waals surface area contributed by atoms with E-state index in [0.29, 0.717) is 17.8 Å². The van der Waals surface area contributed by atoms with Crippen LogP contribution in [-0.2, 0) is 4.79 Å². The summed E-state index contributed by atoms with van der Waals surface area (Å²) in [4.78, 5) is 15.8. The molecular formula is C30H48N2O2. The molecule has 3 aliphatic rings. The molecule has 4 unspecified atom stereocenters. The molecule has 190 valence electrons. The van der Waals surface area contributed by atoms with Crippen molar-refractivity contribution >= 4 is 11.9 Å². The molecule has 2 fully saturated rings. The zero-order valence-electron chi connectivity index (χ0n) is 22.9. The van der Waals surface area contributed by atoms with Crippen LogP contribution in [0, 0.1) is 28.6 Å². The van der Waals surface area contributed by atoms with Crippen molar-refractivity contribution < 1.29 is 9.53 Å². The standard InChI is InChI=1S/C26H36N2O2.2C2H6/c1-25(12-13-27-3)19(10-14-29)5-6-21-23-8-7-22(26(23,2)11-9-24(21)25)18-15-20(30-4)17-28-16-18;2*1-2/h7,10,14-17,21,23-24,27H,5-6,8-9,11-13H2,1-4H3;2*1-2H3/b19-10-;;/t21?,23-,24?,25?,26?;;/m0../s1. The van der Waals surface area contributed by atoms with Crippen LogP contribution >= 0.6 is 0 Å². The molecule has 1 aromatic heterocycles. The number of pyridine rings is 1. The first kappa shape index (κ1) is 28.3. The van der Waals surface area contributed by atoms with Gasteiger partial charge in [0.05, 0.1) is 13.3 Å². The number of fused-ring (bicyclic) bond motifs is 3. The molecule has 0 saturated heterocycles. The molecule has 3 aliphatic carbocycles. The zero-order valence-corrected chi connectivity index (χ0v) is 22.9. The number of aldehydes is 1. The Hall–Kier alpha value is -1.94. The summed E-state index contributed by atoms with van der Waals surface area (Å²) in [6.07, 6.45) is 16.1. The average molecular weight is 469 g/mol. The number of nitrogens with one attached hydrogen (secondary N) is 1. The van der Waals surface area contributed by atoms with Gasteiger partial charge in [-0.25, -0.2) is 0 Å². The summed E-state index contributed by atoms with van der Waals surface area (Å²) in [5, 5.41) is 3.35. The molecule has 1 N–H and O–H groups in total. The Morgan fingerprint density at radius 1 is 1.15 bits per heavy atom. The lowest BCUT2D eigenvalue weighted by Crippen LogP contribution is -2.49. The number of methoxy groups -OCH3 is 1.